The van der Waals surface area contributed by atoms with Crippen molar-refractivity contribution in [2.45, 2.75) is 20.2 Å². The molecule has 1 amide bonds. The molecular formula is C21H18ClFN6O2. The maximum atomic E-state index is 13.8. The van der Waals surface area contributed by atoms with Crippen LogP contribution in [0.2, 0.25) is 5.02 Å². The third kappa shape index (κ3) is 5.07. The zero-order valence-corrected chi connectivity index (χ0v) is 17.3. The third-order valence-electron chi connectivity index (χ3n) is 4.36. The number of carbonyl (C=O) groups excluding carboxylic acids is 1. The highest BCUT2D eigenvalue weighted by Crippen LogP contribution is 2.25. The van der Waals surface area contributed by atoms with Crippen molar-refractivity contribution in [1.82, 2.24) is 24.5 Å². The summed E-state index contributed by atoms with van der Waals surface area (Å²) in [7, 11) is 0. The van der Waals surface area contributed by atoms with E-state index in [2.05, 4.69) is 20.5 Å². The van der Waals surface area contributed by atoms with Crippen molar-refractivity contribution in [2.75, 3.05) is 5.32 Å². The van der Waals surface area contributed by atoms with Gasteiger partial charge in [0.1, 0.15) is 17.9 Å². The molecule has 0 saturated heterocycles. The Labute approximate surface area is 182 Å². The largest absolute Gasteiger partial charge is 0.470 e. The topological polar surface area (TPSA) is 86.9 Å². The first-order chi connectivity index (χ1) is 15.0. The van der Waals surface area contributed by atoms with Gasteiger partial charge in [0.15, 0.2) is 12.4 Å². The number of hydrogen-bond acceptors (Lipinski definition) is 5. The molecule has 1 N–H and O–H groups in total. The van der Waals surface area contributed by atoms with Crippen molar-refractivity contribution >= 4 is 23.5 Å². The van der Waals surface area contributed by atoms with E-state index in [1.807, 2.05) is 19.1 Å². The molecule has 158 valence electrons. The van der Waals surface area contributed by atoms with Gasteiger partial charge in [-0.3, -0.25) is 10.1 Å². The Morgan fingerprint density at radius 2 is 2.00 bits per heavy atom. The van der Waals surface area contributed by atoms with E-state index in [1.165, 1.54) is 21.8 Å². The molecule has 10 heteroatoms. The van der Waals surface area contributed by atoms with Crippen molar-refractivity contribution in [3.8, 4) is 5.75 Å². The van der Waals surface area contributed by atoms with Crippen molar-refractivity contribution < 1.29 is 13.9 Å². The van der Waals surface area contributed by atoms with Gasteiger partial charge in [0.25, 0.3) is 5.91 Å². The molecule has 0 saturated carbocycles. The minimum Gasteiger partial charge on any atom is -0.470 e. The van der Waals surface area contributed by atoms with E-state index >= 15 is 0 Å². The van der Waals surface area contributed by atoms with Gasteiger partial charge in [0, 0.05) is 11.8 Å². The summed E-state index contributed by atoms with van der Waals surface area (Å²) in [5, 5.41) is 11.4. The molecular weight excluding hydrogens is 423 g/mol. The predicted molar refractivity (Wildman–Crippen MR) is 113 cm³/mol. The standard InChI is InChI=1S/C21H18ClFN6O2/c1-14-6-7-16(22)19(10-14)31-13-28-9-8-18(26-28)20(30)25-21-24-12-29(27-21)11-15-4-2-3-5-17(15)23/h2-10,12H,11,13H2,1H3,(H,25,27,30). The number of benzene rings is 2. The van der Waals surface area contributed by atoms with Gasteiger partial charge in [-0.2, -0.15) is 5.10 Å². The summed E-state index contributed by atoms with van der Waals surface area (Å²) in [6, 6.07) is 13.4. The number of aromatic nitrogens is 5. The fourth-order valence-corrected chi connectivity index (χ4v) is 2.98. The number of amides is 1. The Morgan fingerprint density at radius 3 is 2.84 bits per heavy atom. The summed E-state index contributed by atoms with van der Waals surface area (Å²) in [5.41, 5.74) is 1.66. The number of nitrogens with one attached hydrogen (secondary N) is 1. The van der Waals surface area contributed by atoms with Crippen LogP contribution in [0.25, 0.3) is 0 Å². The predicted octanol–water partition coefficient (Wildman–Crippen LogP) is 3.91. The monoisotopic (exact) mass is 440 g/mol. The van der Waals surface area contributed by atoms with Gasteiger partial charge >= 0.3 is 0 Å². The maximum Gasteiger partial charge on any atom is 0.278 e. The number of carbonyl (C=O) groups is 1. The molecule has 4 rings (SSSR count). The van der Waals surface area contributed by atoms with Crippen molar-refractivity contribution in [1.29, 1.82) is 0 Å². The van der Waals surface area contributed by atoms with Crippen LogP contribution in [0.5, 0.6) is 5.75 Å². The summed E-state index contributed by atoms with van der Waals surface area (Å²) in [4.78, 5) is 16.5. The van der Waals surface area contributed by atoms with Crippen molar-refractivity contribution in [3.63, 3.8) is 0 Å². The Kier molecular flexibility index (Phi) is 5.94. The zero-order valence-electron chi connectivity index (χ0n) is 16.5. The van der Waals surface area contributed by atoms with E-state index < -0.39 is 5.91 Å². The van der Waals surface area contributed by atoms with Crippen LogP contribution in [0.3, 0.4) is 0 Å². The quantitative estimate of drug-likeness (QED) is 0.470. The van der Waals surface area contributed by atoms with Gasteiger partial charge in [-0.15, -0.1) is 5.10 Å². The van der Waals surface area contributed by atoms with Crippen LogP contribution in [0.4, 0.5) is 10.3 Å². The van der Waals surface area contributed by atoms with Crippen LogP contribution in [-0.2, 0) is 13.3 Å². The molecule has 0 bridgehead atoms. The van der Waals surface area contributed by atoms with Gasteiger partial charge in [-0.25, -0.2) is 18.7 Å². The molecule has 0 radical (unpaired) electrons. The number of halogens is 2. The summed E-state index contributed by atoms with van der Waals surface area (Å²) in [6.45, 7) is 2.22. The second-order valence-corrected chi connectivity index (χ2v) is 7.17. The number of hydrogen-bond donors (Lipinski definition) is 1. The summed E-state index contributed by atoms with van der Waals surface area (Å²) >= 11 is 6.11. The van der Waals surface area contributed by atoms with E-state index in [-0.39, 0.29) is 30.7 Å². The zero-order chi connectivity index (χ0) is 21.8. The van der Waals surface area contributed by atoms with Crippen LogP contribution >= 0.6 is 11.6 Å². The highest BCUT2D eigenvalue weighted by Gasteiger charge is 2.13. The molecule has 0 unspecified atom stereocenters. The van der Waals surface area contributed by atoms with Gasteiger partial charge in [-0.05, 0) is 36.8 Å². The number of aryl methyl sites for hydroxylation is 1. The van der Waals surface area contributed by atoms with Gasteiger partial charge in [0.2, 0.25) is 5.95 Å². The molecule has 8 nitrogen and oxygen atoms in total. The van der Waals surface area contributed by atoms with Crippen LogP contribution in [0.1, 0.15) is 21.6 Å². The fraction of sp³-hybridized carbons (Fsp3) is 0.143. The van der Waals surface area contributed by atoms with Crippen LogP contribution in [0, 0.1) is 12.7 Å². The SMILES string of the molecule is Cc1ccc(Cl)c(OCn2ccc(C(=O)Nc3ncn(Cc4ccccc4F)n3)n2)c1. The van der Waals surface area contributed by atoms with Crippen LogP contribution in [0.15, 0.2) is 61.1 Å². The van der Waals surface area contributed by atoms with E-state index in [1.54, 1.807) is 36.5 Å². The molecule has 0 fully saturated rings. The second-order valence-electron chi connectivity index (χ2n) is 6.76. The highest BCUT2D eigenvalue weighted by atomic mass is 35.5. The Balaban J connectivity index is 1.35. The molecule has 4 aromatic rings. The van der Waals surface area contributed by atoms with E-state index in [4.69, 9.17) is 16.3 Å². The van der Waals surface area contributed by atoms with Gasteiger partial charge in [-0.1, -0.05) is 35.9 Å². The van der Waals surface area contributed by atoms with Crippen LogP contribution in [-0.4, -0.2) is 30.5 Å². The van der Waals surface area contributed by atoms with Gasteiger partial charge < -0.3 is 4.74 Å². The Morgan fingerprint density at radius 1 is 1.16 bits per heavy atom. The highest BCUT2D eigenvalue weighted by molar-refractivity contribution is 6.32. The normalized spacial score (nSPS) is 10.8. The average Bonchev–Trinajstić information content (AvgIpc) is 3.40. The third-order valence-corrected chi connectivity index (χ3v) is 4.68. The lowest BCUT2D eigenvalue weighted by Gasteiger charge is -2.08. The summed E-state index contributed by atoms with van der Waals surface area (Å²) in [5.74, 6) is -0.175. The first-order valence-electron chi connectivity index (χ1n) is 9.34. The first kappa shape index (κ1) is 20.5. The van der Waals surface area contributed by atoms with E-state index in [9.17, 15) is 9.18 Å². The molecule has 0 aliphatic rings. The Hall–Kier alpha value is -3.72. The molecule has 0 aliphatic carbocycles. The van der Waals surface area contributed by atoms with Gasteiger partial charge in [0.05, 0.1) is 11.6 Å². The lowest BCUT2D eigenvalue weighted by molar-refractivity contribution is 0.101. The fourth-order valence-electron chi connectivity index (χ4n) is 2.81. The first-order valence-corrected chi connectivity index (χ1v) is 9.72. The molecule has 2 aromatic carbocycles. The lowest BCUT2D eigenvalue weighted by Crippen LogP contribution is -2.15. The number of anilines is 1. The second kappa shape index (κ2) is 8.97. The van der Waals surface area contributed by atoms with Crippen molar-refractivity contribution in [3.05, 3.63) is 88.7 Å². The molecule has 2 heterocycles. The summed E-state index contributed by atoms with van der Waals surface area (Å²) in [6.07, 6.45) is 3.03. The number of rotatable bonds is 7. The number of nitrogens with zero attached hydrogens (tertiary/aromatic N) is 5. The van der Waals surface area contributed by atoms with Crippen molar-refractivity contribution in [2.24, 2.45) is 0 Å². The molecule has 0 atom stereocenters. The molecule has 0 aliphatic heterocycles. The lowest BCUT2D eigenvalue weighted by atomic mass is 10.2. The smallest absolute Gasteiger partial charge is 0.278 e. The number of ether oxygens (including phenoxy) is 1. The van der Waals surface area contributed by atoms with E-state index in [0.717, 1.165) is 5.56 Å². The summed E-state index contributed by atoms with van der Waals surface area (Å²) < 4.78 is 22.3. The van der Waals surface area contributed by atoms with E-state index in [0.29, 0.717) is 16.3 Å². The molecule has 31 heavy (non-hydrogen) atoms. The minimum atomic E-state index is -0.476. The minimum absolute atomic E-state index is 0.0893. The van der Waals surface area contributed by atoms with Crippen LogP contribution < -0.4 is 10.1 Å². The molecule has 2 aromatic heterocycles. The molecule has 0 spiro atoms. The maximum absolute atomic E-state index is 13.8. The average molecular weight is 441 g/mol. The Bertz CT molecular complexity index is 1220.